The number of pyridine rings is 1. The van der Waals surface area contributed by atoms with Crippen molar-refractivity contribution in [2.45, 2.75) is 58.2 Å². The van der Waals surface area contributed by atoms with Crippen molar-refractivity contribution in [3.05, 3.63) is 59.8 Å². The third-order valence-electron chi connectivity index (χ3n) is 6.65. The van der Waals surface area contributed by atoms with Crippen molar-refractivity contribution in [3.8, 4) is 11.3 Å². The SMILES string of the molecule is Cc1ccc(C(C)(C)C)cc1-c1c2ccc([Si]3(C)CCC3)cc2cc[n+]1C. The van der Waals surface area contributed by atoms with Crippen LogP contribution in [0.2, 0.25) is 18.6 Å². The number of aryl methyl sites for hydroxylation is 2. The first-order valence-electron chi connectivity index (χ1n) is 10.2. The van der Waals surface area contributed by atoms with Crippen molar-refractivity contribution in [2.24, 2.45) is 7.05 Å². The molecule has 0 saturated carbocycles. The van der Waals surface area contributed by atoms with E-state index in [9.17, 15) is 0 Å². The van der Waals surface area contributed by atoms with Gasteiger partial charge in [-0.05, 0) is 41.0 Å². The van der Waals surface area contributed by atoms with Gasteiger partial charge in [-0.2, -0.15) is 0 Å². The molecule has 0 unspecified atom stereocenters. The van der Waals surface area contributed by atoms with E-state index in [1.165, 1.54) is 51.7 Å². The lowest BCUT2D eigenvalue weighted by Gasteiger charge is -2.36. The Morgan fingerprint density at radius 3 is 2.33 bits per heavy atom. The predicted molar refractivity (Wildman–Crippen MR) is 119 cm³/mol. The summed E-state index contributed by atoms with van der Waals surface area (Å²) in [6.07, 6.45) is 3.66. The fraction of sp³-hybridized carbons (Fsp3) is 0.400. The van der Waals surface area contributed by atoms with Crippen molar-refractivity contribution in [3.63, 3.8) is 0 Å². The number of aromatic nitrogens is 1. The van der Waals surface area contributed by atoms with E-state index in [-0.39, 0.29) is 5.41 Å². The summed E-state index contributed by atoms with van der Waals surface area (Å²) in [7, 11) is 1.02. The summed E-state index contributed by atoms with van der Waals surface area (Å²) >= 11 is 0. The molecule has 0 atom stereocenters. The van der Waals surface area contributed by atoms with Crippen molar-refractivity contribution in [1.82, 2.24) is 0 Å². The van der Waals surface area contributed by atoms with Crippen molar-refractivity contribution < 1.29 is 4.57 Å². The second kappa shape index (κ2) is 6.30. The number of hydrogen-bond donors (Lipinski definition) is 0. The number of fused-ring (bicyclic) bond motifs is 1. The zero-order valence-corrected chi connectivity index (χ0v) is 18.7. The van der Waals surface area contributed by atoms with E-state index in [2.05, 4.69) is 94.5 Å². The molecule has 1 aliphatic rings. The molecule has 1 saturated heterocycles. The molecule has 2 heterocycles. The van der Waals surface area contributed by atoms with Crippen LogP contribution in [0.5, 0.6) is 0 Å². The van der Waals surface area contributed by atoms with Crippen LogP contribution in [0.4, 0.5) is 0 Å². The molecule has 1 aliphatic heterocycles. The normalized spacial score (nSPS) is 16.4. The van der Waals surface area contributed by atoms with Gasteiger partial charge in [0.05, 0.1) is 13.5 Å². The molecular weight excluding hydrogens is 342 g/mol. The fourth-order valence-corrected chi connectivity index (χ4v) is 7.40. The summed E-state index contributed by atoms with van der Waals surface area (Å²) in [6, 6.07) is 19.5. The summed E-state index contributed by atoms with van der Waals surface area (Å²) in [5, 5.41) is 4.40. The summed E-state index contributed by atoms with van der Waals surface area (Å²) < 4.78 is 2.29. The van der Waals surface area contributed by atoms with Gasteiger partial charge in [0, 0.05) is 11.6 Å². The average Bonchev–Trinajstić information content (AvgIpc) is 2.59. The number of hydrogen-bond acceptors (Lipinski definition) is 0. The van der Waals surface area contributed by atoms with E-state index in [0.717, 1.165) is 0 Å². The topological polar surface area (TPSA) is 3.88 Å². The lowest BCUT2D eigenvalue weighted by atomic mass is 9.84. The molecule has 1 aromatic heterocycles. The van der Waals surface area contributed by atoms with Gasteiger partial charge in [-0.3, -0.25) is 0 Å². The van der Waals surface area contributed by atoms with E-state index < -0.39 is 8.07 Å². The van der Waals surface area contributed by atoms with Crippen LogP contribution < -0.4 is 9.75 Å². The Balaban J connectivity index is 1.93. The van der Waals surface area contributed by atoms with E-state index >= 15 is 0 Å². The highest BCUT2D eigenvalue weighted by molar-refractivity contribution is 6.93. The van der Waals surface area contributed by atoms with E-state index in [1.807, 2.05) is 0 Å². The standard InChI is InChI=1S/C25H32NSi/c1-18-8-9-20(25(2,3)4)17-23(18)24-22-11-10-21(27(6)14-7-15-27)16-19(22)12-13-26(24)5/h8-13,16-17H,7,14-15H2,1-6H3/q+1. The fourth-order valence-electron chi connectivity index (χ4n) is 4.42. The lowest BCUT2D eigenvalue weighted by molar-refractivity contribution is -0.659. The smallest absolute Gasteiger partial charge is 0.200 e. The first-order valence-corrected chi connectivity index (χ1v) is 13.1. The van der Waals surface area contributed by atoms with E-state index in [1.54, 1.807) is 5.19 Å². The van der Waals surface area contributed by atoms with Gasteiger partial charge in [-0.25, -0.2) is 4.57 Å². The molecule has 0 aliphatic carbocycles. The molecule has 140 valence electrons. The van der Waals surface area contributed by atoms with Crippen molar-refractivity contribution in [2.75, 3.05) is 0 Å². The second-order valence-corrected chi connectivity index (χ2v) is 14.5. The zero-order valence-electron chi connectivity index (χ0n) is 17.7. The van der Waals surface area contributed by atoms with Crippen molar-refractivity contribution in [1.29, 1.82) is 0 Å². The maximum absolute atomic E-state index is 2.55. The average molecular weight is 375 g/mol. The Morgan fingerprint density at radius 2 is 1.70 bits per heavy atom. The highest BCUT2D eigenvalue weighted by Gasteiger charge is 2.36. The summed E-state index contributed by atoms with van der Waals surface area (Å²) in [4.78, 5) is 0. The molecule has 2 aromatic carbocycles. The molecule has 0 bridgehead atoms. The van der Waals surface area contributed by atoms with Gasteiger partial charge < -0.3 is 0 Å². The molecule has 0 N–H and O–H groups in total. The molecule has 1 fully saturated rings. The largest absolute Gasteiger partial charge is 0.220 e. The highest BCUT2D eigenvalue weighted by Crippen LogP contribution is 2.35. The van der Waals surface area contributed by atoms with Gasteiger partial charge in [-0.15, -0.1) is 0 Å². The maximum Gasteiger partial charge on any atom is 0.220 e. The molecule has 27 heavy (non-hydrogen) atoms. The summed E-state index contributed by atoms with van der Waals surface area (Å²) in [5.74, 6) is 0. The molecule has 2 heteroatoms. The second-order valence-electron chi connectivity index (χ2n) is 9.77. The number of benzene rings is 2. The van der Waals surface area contributed by atoms with Crippen LogP contribution in [-0.4, -0.2) is 8.07 Å². The third-order valence-corrected chi connectivity index (χ3v) is 11.3. The van der Waals surface area contributed by atoms with Gasteiger partial charge in [0.1, 0.15) is 7.05 Å². The molecular formula is C25H32NSi+. The van der Waals surface area contributed by atoms with E-state index in [4.69, 9.17) is 0 Å². The minimum Gasteiger partial charge on any atom is -0.200 e. The van der Waals surface area contributed by atoms with Gasteiger partial charge in [0.2, 0.25) is 5.69 Å². The van der Waals surface area contributed by atoms with Gasteiger partial charge in [-0.1, -0.05) is 75.3 Å². The maximum atomic E-state index is 2.55. The molecule has 4 rings (SSSR count). The Kier molecular flexibility index (Phi) is 4.30. The van der Waals surface area contributed by atoms with Crippen LogP contribution in [-0.2, 0) is 12.5 Å². The zero-order chi connectivity index (χ0) is 19.4. The predicted octanol–water partition coefficient (Wildman–Crippen LogP) is 5.63. The molecule has 1 nitrogen and oxygen atoms in total. The molecule has 0 spiro atoms. The van der Waals surface area contributed by atoms with Crippen LogP contribution >= 0.6 is 0 Å². The molecule has 0 radical (unpaired) electrons. The lowest BCUT2D eigenvalue weighted by Crippen LogP contribution is -2.50. The third kappa shape index (κ3) is 3.14. The Hall–Kier alpha value is -1.93. The highest BCUT2D eigenvalue weighted by atomic mass is 28.3. The number of nitrogens with zero attached hydrogens (tertiary/aromatic N) is 1. The monoisotopic (exact) mass is 374 g/mol. The van der Waals surface area contributed by atoms with Crippen LogP contribution in [0.1, 0.15) is 38.3 Å². The first kappa shape index (κ1) is 18.4. The van der Waals surface area contributed by atoms with Crippen LogP contribution in [0, 0.1) is 6.92 Å². The quantitative estimate of drug-likeness (QED) is 0.404. The first-order chi connectivity index (χ1) is 12.7. The Bertz CT molecular complexity index is 1020. The number of rotatable bonds is 2. The molecule has 0 amide bonds. The molecule has 3 aromatic rings. The van der Waals surface area contributed by atoms with Gasteiger partial charge >= 0.3 is 0 Å². The summed E-state index contributed by atoms with van der Waals surface area (Å²) in [6.45, 7) is 11.7. The van der Waals surface area contributed by atoms with Crippen LogP contribution in [0.15, 0.2) is 48.7 Å². The van der Waals surface area contributed by atoms with Crippen LogP contribution in [0.25, 0.3) is 22.0 Å². The van der Waals surface area contributed by atoms with E-state index in [0.29, 0.717) is 0 Å². The minimum absolute atomic E-state index is 0.156. The Morgan fingerprint density at radius 1 is 0.963 bits per heavy atom. The minimum atomic E-state index is -1.15. The summed E-state index contributed by atoms with van der Waals surface area (Å²) in [5.41, 5.74) is 5.59. The Labute approximate surface area is 165 Å². The van der Waals surface area contributed by atoms with Gasteiger partial charge in [0.25, 0.3) is 0 Å². The van der Waals surface area contributed by atoms with Gasteiger partial charge in [0.15, 0.2) is 6.20 Å². The van der Waals surface area contributed by atoms with Crippen LogP contribution in [0.3, 0.4) is 0 Å². The van der Waals surface area contributed by atoms with Crippen molar-refractivity contribution >= 4 is 24.0 Å².